The Bertz CT molecular complexity index is 485. The molecular formula is C14H21NO4S. The van der Waals surface area contributed by atoms with E-state index >= 15 is 0 Å². The molecule has 0 heterocycles. The Hall–Kier alpha value is -1.21. The number of benzene rings is 1. The van der Waals surface area contributed by atoms with Crippen molar-refractivity contribution in [3.8, 4) is 0 Å². The third-order valence-corrected chi connectivity index (χ3v) is 3.54. The van der Waals surface area contributed by atoms with E-state index in [2.05, 4.69) is 4.72 Å². The van der Waals surface area contributed by atoms with Gasteiger partial charge in [-0.3, -0.25) is 0 Å². The minimum Gasteiger partial charge on any atom is -0.382 e. The molecule has 1 aromatic carbocycles. The van der Waals surface area contributed by atoms with Crippen LogP contribution in [-0.4, -0.2) is 41.9 Å². The Balaban J connectivity index is 2.23. The molecule has 0 aliphatic carbocycles. The molecule has 0 amide bonds. The molecule has 1 N–H and O–H groups in total. The molecule has 0 aromatic heterocycles. The average molecular weight is 299 g/mol. The fourth-order valence-electron chi connectivity index (χ4n) is 1.41. The van der Waals surface area contributed by atoms with Crippen LogP contribution in [0.2, 0.25) is 0 Å². The highest BCUT2D eigenvalue weighted by Gasteiger charge is 2.03. The third-order valence-electron chi connectivity index (χ3n) is 2.44. The molecule has 1 aromatic rings. The summed E-state index contributed by atoms with van der Waals surface area (Å²) in [4.78, 5) is 0. The second-order valence-electron chi connectivity index (χ2n) is 4.11. The van der Waals surface area contributed by atoms with Gasteiger partial charge in [0.1, 0.15) is 0 Å². The molecule has 0 aliphatic heterocycles. The highest BCUT2D eigenvalue weighted by molar-refractivity contribution is 7.92. The summed E-state index contributed by atoms with van der Waals surface area (Å²) in [6.45, 7) is 1.94. The maximum Gasteiger partial charge on any atom is 0.233 e. The fraction of sp³-hybridized carbons (Fsp3) is 0.429. The lowest BCUT2D eigenvalue weighted by atomic mass is 10.2. The molecule has 0 unspecified atom stereocenters. The Morgan fingerprint density at radius 3 is 2.60 bits per heavy atom. The van der Waals surface area contributed by atoms with Crippen LogP contribution in [0.4, 0.5) is 0 Å². The quantitative estimate of drug-likeness (QED) is 0.667. The van der Waals surface area contributed by atoms with Gasteiger partial charge in [-0.15, -0.1) is 0 Å². The van der Waals surface area contributed by atoms with Gasteiger partial charge in [0, 0.05) is 25.7 Å². The number of methoxy groups -OCH3 is 1. The normalized spacial score (nSPS) is 12.1. The first-order chi connectivity index (χ1) is 9.64. The molecule has 0 bridgehead atoms. The smallest absolute Gasteiger partial charge is 0.233 e. The van der Waals surface area contributed by atoms with Crippen LogP contribution in [-0.2, 0) is 19.5 Å². The van der Waals surface area contributed by atoms with Gasteiger partial charge in [0.15, 0.2) is 0 Å². The number of sulfonamides is 1. The first-order valence-corrected chi connectivity index (χ1v) is 7.98. The number of ether oxygens (including phenoxy) is 2. The van der Waals surface area contributed by atoms with E-state index in [-0.39, 0.29) is 0 Å². The number of rotatable bonds is 10. The zero-order valence-electron chi connectivity index (χ0n) is 11.6. The zero-order chi connectivity index (χ0) is 14.7. The van der Waals surface area contributed by atoms with Gasteiger partial charge >= 0.3 is 0 Å². The molecule has 0 saturated carbocycles. The molecule has 0 saturated heterocycles. The van der Waals surface area contributed by atoms with Crippen molar-refractivity contribution in [3.05, 3.63) is 41.3 Å². The minimum atomic E-state index is -3.39. The van der Waals surface area contributed by atoms with E-state index in [0.717, 1.165) is 5.56 Å². The Labute approximate surface area is 120 Å². The summed E-state index contributed by atoms with van der Waals surface area (Å²) >= 11 is 0. The van der Waals surface area contributed by atoms with Crippen LogP contribution < -0.4 is 4.72 Å². The lowest BCUT2D eigenvalue weighted by Gasteiger charge is -2.04. The van der Waals surface area contributed by atoms with Crippen molar-refractivity contribution in [1.82, 2.24) is 4.72 Å². The van der Waals surface area contributed by atoms with E-state index in [0.29, 0.717) is 32.8 Å². The predicted molar refractivity (Wildman–Crippen MR) is 79.7 cm³/mol. The predicted octanol–water partition coefficient (Wildman–Crippen LogP) is 1.63. The molecule has 0 atom stereocenters. The topological polar surface area (TPSA) is 64.6 Å². The molecule has 1 rings (SSSR count). The van der Waals surface area contributed by atoms with E-state index in [1.807, 2.05) is 30.3 Å². The van der Waals surface area contributed by atoms with Gasteiger partial charge in [-0.1, -0.05) is 30.3 Å². The maximum absolute atomic E-state index is 11.7. The highest BCUT2D eigenvalue weighted by atomic mass is 32.2. The molecule has 6 heteroatoms. The summed E-state index contributed by atoms with van der Waals surface area (Å²) < 4.78 is 35.9. The van der Waals surface area contributed by atoms with Crippen molar-refractivity contribution in [1.29, 1.82) is 0 Å². The summed E-state index contributed by atoms with van der Waals surface area (Å²) in [6, 6.07) is 9.28. The van der Waals surface area contributed by atoms with Gasteiger partial charge in [-0.05, 0) is 18.1 Å². The van der Waals surface area contributed by atoms with Crippen molar-refractivity contribution in [2.45, 2.75) is 6.42 Å². The van der Waals surface area contributed by atoms with E-state index in [1.165, 1.54) is 5.41 Å². The standard InChI is InChI=1S/C14H21NO4S/c1-18-11-12-19-10-5-9-15-20(16,17)13-8-14-6-3-2-4-7-14/h2-4,6-8,13,15H,5,9-12H2,1H3/b13-8+. The van der Waals surface area contributed by atoms with E-state index in [4.69, 9.17) is 9.47 Å². The van der Waals surface area contributed by atoms with Gasteiger partial charge in [0.2, 0.25) is 10.0 Å². The van der Waals surface area contributed by atoms with Crippen LogP contribution in [0.1, 0.15) is 12.0 Å². The van der Waals surface area contributed by atoms with Crippen LogP contribution in [0.3, 0.4) is 0 Å². The molecule has 0 spiro atoms. The lowest BCUT2D eigenvalue weighted by Crippen LogP contribution is -2.23. The largest absolute Gasteiger partial charge is 0.382 e. The second-order valence-corrected chi connectivity index (χ2v) is 5.76. The molecule has 112 valence electrons. The average Bonchev–Trinajstić information content (AvgIpc) is 2.45. The summed E-state index contributed by atoms with van der Waals surface area (Å²) in [5.74, 6) is 0. The third kappa shape index (κ3) is 8.06. The number of nitrogens with one attached hydrogen (secondary N) is 1. The Kier molecular flexibility index (Phi) is 8.13. The molecule has 20 heavy (non-hydrogen) atoms. The second kappa shape index (κ2) is 9.66. The molecule has 0 radical (unpaired) electrons. The number of hydrogen-bond donors (Lipinski definition) is 1. The maximum atomic E-state index is 11.7. The van der Waals surface area contributed by atoms with Gasteiger partial charge in [0.25, 0.3) is 0 Å². The summed E-state index contributed by atoms with van der Waals surface area (Å²) in [5.41, 5.74) is 0.848. The van der Waals surface area contributed by atoms with Crippen LogP contribution in [0.15, 0.2) is 35.7 Å². The fourth-order valence-corrected chi connectivity index (χ4v) is 2.27. The molecule has 5 nitrogen and oxygen atoms in total. The van der Waals surface area contributed by atoms with E-state index in [1.54, 1.807) is 13.2 Å². The molecular weight excluding hydrogens is 278 g/mol. The highest BCUT2D eigenvalue weighted by Crippen LogP contribution is 2.02. The van der Waals surface area contributed by atoms with Crippen molar-refractivity contribution in [2.24, 2.45) is 0 Å². The van der Waals surface area contributed by atoms with Gasteiger partial charge < -0.3 is 9.47 Å². The van der Waals surface area contributed by atoms with Crippen LogP contribution >= 0.6 is 0 Å². The Morgan fingerprint density at radius 1 is 1.15 bits per heavy atom. The van der Waals surface area contributed by atoms with Crippen LogP contribution in [0.5, 0.6) is 0 Å². The van der Waals surface area contributed by atoms with Gasteiger partial charge in [-0.2, -0.15) is 0 Å². The molecule has 0 aliphatic rings. The Morgan fingerprint density at radius 2 is 1.90 bits per heavy atom. The first kappa shape index (κ1) is 16.8. The van der Waals surface area contributed by atoms with Gasteiger partial charge in [-0.25, -0.2) is 13.1 Å². The van der Waals surface area contributed by atoms with Crippen molar-refractivity contribution < 1.29 is 17.9 Å². The summed E-state index contributed by atoms with van der Waals surface area (Å²) in [5, 5.41) is 1.17. The summed E-state index contributed by atoms with van der Waals surface area (Å²) in [7, 11) is -1.78. The van der Waals surface area contributed by atoms with Gasteiger partial charge in [0.05, 0.1) is 13.2 Å². The monoisotopic (exact) mass is 299 g/mol. The van der Waals surface area contributed by atoms with Crippen LogP contribution in [0, 0.1) is 0 Å². The SMILES string of the molecule is COCCOCCCNS(=O)(=O)/C=C/c1ccccc1. The zero-order valence-corrected chi connectivity index (χ0v) is 12.4. The summed E-state index contributed by atoms with van der Waals surface area (Å²) in [6.07, 6.45) is 2.19. The van der Waals surface area contributed by atoms with Crippen LogP contribution in [0.25, 0.3) is 6.08 Å². The van der Waals surface area contributed by atoms with Crippen molar-refractivity contribution >= 4 is 16.1 Å². The van der Waals surface area contributed by atoms with Crippen molar-refractivity contribution in [2.75, 3.05) is 33.5 Å². The molecule has 0 fully saturated rings. The van der Waals surface area contributed by atoms with E-state index in [9.17, 15) is 8.42 Å². The minimum absolute atomic E-state index is 0.356. The van der Waals surface area contributed by atoms with Crippen molar-refractivity contribution in [3.63, 3.8) is 0 Å². The number of hydrogen-bond acceptors (Lipinski definition) is 4. The van der Waals surface area contributed by atoms with E-state index < -0.39 is 10.0 Å². The lowest BCUT2D eigenvalue weighted by molar-refractivity contribution is 0.0699. The first-order valence-electron chi connectivity index (χ1n) is 6.43.